The van der Waals surface area contributed by atoms with Gasteiger partial charge < -0.3 is 10.1 Å². The summed E-state index contributed by atoms with van der Waals surface area (Å²) in [5.74, 6) is 0.624. The number of amides is 1. The van der Waals surface area contributed by atoms with E-state index in [1.165, 1.54) is 23.1 Å². The number of ether oxygens (including phenoxy) is 1. The first-order valence-corrected chi connectivity index (χ1v) is 12.4. The van der Waals surface area contributed by atoms with Gasteiger partial charge in [-0.2, -0.15) is 5.26 Å². The molecule has 0 atom stereocenters. The van der Waals surface area contributed by atoms with E-state index in [2.05, 4.69) is 5.32 Å². The lowest BCUT2D eigenvalue weighted by atomic mass is 10.1. The molecule has 4 rings (SSSR count). The molecule has 2 aromatic heterocycles. The van der Waals surface area contributed by atoms with Crippen molar-refractivity contribution in [3.63, 3.8) is 0 Å². The number of rotatable bonds is 7. The zero-order valence-corrected chi connectivity index (χ0v) is 19.5. The van der Waals surface area contributed by atoms with Gasteiger partial charge in [0.2, 0.25) is 5.91 Å². The predicted octanol–water partition coefficient (Wildman–Crippen LogP) is 3.85. The zero-order chi connectivity index (χ0) is 22.5. The van der Waals surface area contributed by atoms with Crippen molar-refractivity contribution in [2.75, 3.05) is 19.4 Å². The molecule has 0 radical (unpaired) electrons. The van der Waals surface area contributed by atoms with E-state index < -0.39 is 0 Å². The van der Waals surface area contributed by atoms with E-state index in [1.807, 2.05) is 30.3 Å². The molecule has 1 N–H and O–H groups in total. The first-order valence-electron chi connectivity index (χ1n) is 10.6. The Hall–Kier alpha value is -2.83. The summed E-state index contributed by atoms with van der Waals surface area (Å²) in [6.45, 7) is 0.311. The average molecular weight is 469 g/mol. The SMILES string of the molecule is COc1ccc(-n2c(SCC(=O)NCCC#N)nc3sc4c(c3c2=O)CCCCC4)cc1. The second-order valence-corrected chi connectivity index (χ2v) is 9.55. The van der Waals surface area contributed by atoms with Crippen LogP contribution in [0.4, 0.5) is 0 Å². The largest absolute Gasteiger partial charge is 0.497 e. The standard InChI is InChI=1S/C23H24N4O3S2/c1-30-16-10-8-15(9-11-16)27-22(29)20-17-6-3-2-4-7-18(17)32-21(20)26-23(27)31-14-19(28)25-13-5-12-24/h8-11H,2-7,13-14H2,1H3,(H,25,28). The summed E-state index contributed by atoms with van der Waals surface area (Å²) in [6, 6.07) is 9.28. The lowest BCUT2D eigenvalue weighted by Gasteiger charge is -2.13. The van der Waals surface area contributed by atoms with Gasteiger partial charge in [-0.1, -0.05) is 18.2 Å². The number of nitrogens with zero attached hydrogens (tertiary/aromatic N) is 3. The summed E-state index contributed by atoms with van der Waals surface area (Å²) < 4.78 is 6.86. The second kappa shape index (κ2) is 10.2. The number of nitriles is 1. The summed E-state index contributed by atoms with van der Waals surface area (Å²) in [4.78, 5) is 32.8. The highest BCUT2D eigenvalue weighted by molar-refractivity contribution is 7.99. The quantitative estimate of drug-likeness (QED) is 0.245. The third kappa shape index (κ3) is 4.66. The van der Waals surface area contributed by atoms with E-state index in [9.17, 15) is 9.59 Å². The molecule has 32 heavy (non-hydrogen) atoms. The normalized spacial score (nSPS) is 13.2. The van der Waals surface area contributed by atoms with E-state index in [1.54, 1.807) is 23.0 Å². The van der Waals surface area contributed by atoms with Crippen molar-refractivity contribution in [3.8, 4) is 17.5 Å². The molecule has 0 saturated heterocycles. The fourth-order valence-electron chi connectivity index (χ4n) is 3.86. The predicted molar refractivity (Wildman–Crippen MR) is 127 cm³/mol. The molecule has 166 valence electrons. The summed E-state index contributed by atoms with van der Waals surface area (Å²) in [7, 11) is 1.60. The maximum absolute atomic E-state index is 13.8. The van der Waals surface area contributed by atoms with Gasteiger partial charge in [0.25, 0.3) is 5.56 Å². The van der Waals surface area contributed by atoms with E-state index >= 15 is 0 Å². The van der Waals surface area contributed by atoms with Crippen LogP contribution >= 0.6 is 23.1 Å². The second-order valence-electron chi connectivity index (χ2n) is 7.52. The summed E-state index contributed by atoms with van der Waals surface area (Å²) in [5.41, 5.74) is 1.74. The maximum atomic E-state index is 13.8. The molecule has 0 fully saturated rings. The first kappa shape index (κ1) is 22.4. The Morgan fingerprint density at radius 2 is 2.06 bits per heavy atom. The fourth-order valence-corrected chi connectivity index (χ4v) is 6.00. The minimum atomic E-state index is -0.192. The highest BCUT2D eigenvalue weighted by Gasteiger charge is 2.22. The number of benzene rings is 1. The van der Waals surface area contributed by atoms with Crippen molar-refractivity contribution in [2.45, 2.75) is 43.7 Å². The molecule has 9 heteroatoms. The molecule has 1 aromatic carbocycles. The van der Waals surface area contributed by atoms with Gasteiger partial charge in [-0.3, -0.25) is 14.2 Å². The number of carbonyl (C=O) groups excluding carboxylic acids is 1. The van der Waals surface area contributed by atoms with Crippen LogP contribution in [0.3, 0.4) is 0 Å². The van der Waals surface area contributed by atoms with E-state index in [0.717, 1.165) is 36.1 Å². The number of nitrogens with one attached hydrogen (secondary N) is 1. The maximum Gasteiger partial charge on any atom is 0.267 e. The molecule has 3 aromatic rings. The van der Waals surface area contributed by atoms with Crippen molar-refractivity contribution in [3.05, 3.63) is 45.1 Å². The average Bonchev–Trinajstić information content (AvgIpc) is 2.99. The number of aryl methyl sites for hydroxylation is 2. The molecule has 0 aliphatic heterocycles. The Bertz CT molecular complexity index is 1230. The van der Waals surface area contributed by atoms with Crippen LogP contribution in [0, 0.1) is 11.3 Å². The Morgan fingerprint density at radius 1 is 1.28 bits per heavy atom. The molecule has 0 unspecified atom stereocenters. The molecule has 7 nitrogen and oxygen atoms in total. The van der Waals surface area contributed by atoms with Crippen LogP contribution in [0.1, 0.15) is 36.1 Å². The van der Waals surface area contributed by atoms with Gasteiger partial charge in [0.15, 0.2) is 5.16 Å². The molecular formula is C23H24N4O3S2. The number of thioether (sulfide) groups is 1. The molecule has 0 bridgehead atoms. The smallest absolute Gasteiger partial charge is 0.267 e. The summed E-state index contributed by atoms with van der Waals surface area (Å²) in [5, 5.41) is 12.6. The van der Waals surface area contributed by atoms with E-state index in [0.29, 0.717) is 28.5 Å². The van der Waals surface area contributed by atoms with Crippen LogP contribution in [-0.4, -0.2) is 34.9 Å². The van der Waals surface area contributed by atoms with Crippen LogP contribution in [-0.2, 0) is 17.6 Å². The minimum absolute atomic E-state index is 0.0908. The van der Waals surface area contributed by atoms with E-state index in [4.69, 9.17) is 15.0 Å². The van der Waals surface area contributed by atoms with E-state index in [-0.39, 0.29) is 23.6 Å². The zero-order valence-electron chi connectivity index (χ0n) is 17.8. The first-order chi connectivity index (χ1) is 15.6. The van der Waals surface area contributed by atoms with Gasteiger partial charge in [0, 0.05) is 11.4 Å². The highest BCUT2D eigenvalue weighted by Crippen LogP contribution is 2.34. The number of hydrogen-bond donors (Lipinski definition) is 1. The van der Waals surface area contributed by atoms with Gasteiger partial charge in [0.05, 0.1) is 36.4 Å². The lowest BCUT2D eigenvalue weighted by Crippen LogP contribution is -2.27. The van der Waals surface area contributed by atoms with Crippen molar-refractivity contribution in [1.82, 2.24) is 14.9 Å². The van der Waals surface area contributed by atoms with Gasteiger partial charge in [-0.15, -0.1) is 11.3 Å². The summed E-state index contributed by atoms with van der Waals surface area (Å²) >= 11 is 2.84. The Morgan fingerprint density at radius 3 is 2.81 bits per heavy atom. The van der Waals surface area contributed by atoms with Crippen molar-refractivity contribution in [1.29, 1.82) is 5.26 Å². The topological polar surface area (TPSA) is 97.0 Å². The lowest BCUT2D eigenvalue weighted by molar-refractivity contribution is -0.118. The Balaban J connectivity index is 1.77. The van der Waals surface area contributed by atoms with Crippen LogP contribution < -0.4 is 15.6 Å². The highest BCUT2D eigenvalue weighted by atomic mass is 32.2. The molecular weight excluding hydrogens is 444 g/mol. The Labute approximate surface area is 194 Å². The van der Waals surface area contributed by atoms with Gasteiger partial charge >= 0.3 is 0 Å². The third-order valence-corrected chi connectivity index (χ3v) is 7.55. The number of hydrogen-bond acceptors (Lipinski definition) is 7. The summed E-state index contributed by atoms with van der Waals surface area (Å²) in [6.07, 6.45) is 5.55. The molecule has 1 aliphatic carbocycles. The third-order valence-electron chi connectivity index (χ3n) is 5.43. The van der Waals surface area contributed by atoms with Gasteiger partial charge in [0.1, 0.15) is 10.6 Å². The van der Waals surface area contributed by atoms with Crippen LogP contribution in [0.2, 0.25) is 0 Å². The van der Waals surface area contributed by atoms with Crippen molar-refractivity contribution >= 4 is 39.2 Å². The minimum Gasteiger partial charge on any atom is -0.497 e. The fraction of sp³-hybridized carbons (Fsp3) is 0.391. The van der Waals surface area contributed by atoms with Gasteiger partial charge in [-0.05, 0) is 55.5 Å². The van der Waals surface area contributed by atoms with Crippen LogP contribution in [0.5, 0.6) is 5.75 Å². The molecule has 2 heterocycles. The molecule has 1 aliphatic rings. The van der Waals surface area contributed by atoms with Crippen molar-refractivity contribution < 1.29 is 9.53 Å². The number of thiophene rings is 1. The Kier molecular flexibility index (Phi) is 7.12. The number of carbonyl (C=O) groups is 1. The monoisotopic (exact) mass is 468 g/mol. The van der Waals surface area contributed by atoms with Crippen LogP contribution in [0.25, 0.3) is 15.9 Å². The number of methoxy groups -OCH3 is 1. The molecule has 0 spiro atoms. The number of fused-ring (bicyclic) bond motifs is 3. The van der Waals surface area contributed by atoms with Gasteiger partial charge in [-0.25, -0.2) is 4.98 Å². The molecule has 1 amide bonds. The number of aromatic nitrogens is 2. The van der Waals surface area contributed by atoms with Crippen LogP contribution in [0.15, 0.2) is 34.2 Å². The van der Waals surface area contributed by atoms with Crippen molar-refractivity contribution in [2.24, 2.45) is 0 Å². The molecule has 0 saturated carbocycles.